The second-order valence-electron chi connectivity index (χ2n) is 3.75. The van der Waals surface area contributed by atoms with Gasteiger partial charge in [-0.05, 0) is 12.3 Å². The standard InChI is InChI=1S/C11H14N2O2S/c1-3-4-7(2)8(5-12)10-13-9(6-16-10)11(14)15/h6-8H,3-4H2,1-2H3,(H,14,15). The van der Waals surface area contributed by atoms with Crippen LogP contribution >= 0.6 is 11.3 Å². The van der Waals surface area contributed by atoms with Gasteiger partial charge < -0.3 is 5.11 Å². The highest BCUT2D eigenvalue weighted by atomic mass is 32.1. The SMILES string of the molecule is CCCC(C)C(C#N)c1nc(C(=O)O)cs1. The van der Waals surface area contributed by atoms with Crippen molar-refractivity contribution in [2.45, 2.75) is 32.6 Å². The quantitative estimate of drug-likeness (QED) is 0.855. The van der Waals surface area contributed by atoms with Gasteiger partial charge in [0, 0.05) is 5.38 Å². The maximum Gasteiger partial charge on any atom is 0.355 e. The van der Waals surface area contributed by atoms with Crippen LogP contribution in [0.15, 0.2) is 5.38 Å². The second-order valence-corrected chi connectivity index (χ2v) is 4.64. The molecule has 0 aliphatic rings. The van der Waals surface area contributed by atoms with E-state index < -0.39 is 5.97 Å². The maximum absolute atomic E-state index is 10.7. The number of carbonyl (C=O) groups is 1. The first-order valence-corrected chi connectivity index (χ1v) is 6.06. The zero-order valence-electron chi connectivity index (χ0n) is 9.30. The lowest BCUT2D eigenvalue weighted by atomic mass is 9.92. The molecule has 1 heterocycles. The molecule has 16 heavy (non-hydrogen) atoms. The second kappa shape index (κ2) is 5.61. The van der Waals surface area contributed by atoms with Crippen molar-refractivity contribution < 1.29 is 9.90 Å². The minimum absolute atomic E-state index is 0.0314. The molecule has 0 bridgehead atoms. The van der Waals surface area contributed by atoms with E-state index in [0.29, 0.717) is 5.01 Å². The van der Waals surface area contributed by atoms with Crippen LogP contribution in [0.25, 0.3) is 0 Å². The molecule has 0 saturated carbocycles. The summed E-state index contributed by atoms with van der Waals surface area (Å²) in [6.07, 6.45) is 1.96. The lowest BCUT2D eigenvalue weighted by Crippen LogP contribution is -2.08. The summed E-state index contributed by atoms with van der Waals surface area (Å²) in [5, 5.41) is 19.9. The summed E-state index contributed by atoms with van der Waals surface area (Å²) < 4.78 is 0. The molecule has 2 unspecified atom stereocenters. The van der Waals surface area contributed by atoms with Gasteiger partial charge in [0.15, 0.2) is 5.69 Å². The zero-order chi connectivity index (χ0) is 12.1. The first-order chi connectivity index (χ1) is 7.60. The lowest BCUT2D eigenvalue weighted by molar-refractivity contribution is 0.0691. The number of carboxylic acids is 1. The highest BCUT2D eigenvalue weighted by Gasteiger charge is 2.22. The Bertz CT molecular complexity index is 408. The molecule has 1 rings (SSSR count). The largest absolute Gasteiger partial charge is 0.476 e. The minimum Gasteiger partial charge on any atom is -0.476 e. The Morgan fingerprint density at radius 2 is 2.44 bits per heavy atom. The number of aromatic nitrogens is 1. The van der Waals surface area contributed by atoms with Gasteiger partial charge in [-0.25, -0.2) is 9.78 Å². The van der Waals surface area contributed by atoms with Crippen LogP contribution in [0.1, 0.15) is 48.1 Å². The molecule has 0 spiro atoms. The Kier molecular flexibility index (Phi) is 4.44. The van der Waals surface area contributed by atoms with Crippen molar-refractivity contribution in [3.8, 4) is 6.07 Å². The smallest absolute Gasteiger partial charge is 0.355 e. The molecule has 86 valence electrons. The van der Waals surface area contributed by atoms with Gasteiger partial charge in [-0.3, -0.25) is 0 Å². The average molecular weight is 238 g/mol. The summed E-state index contributed by atoms with van der Waals surface area (Å²) in [7, 11) is 0. The molecule has 1 aromatic rings. The predicted molar refractivity (Wildman–Crippen MR) is 61.5 cm³/mol. The molecule has 5 heteroatoms. The van der Waals surface area contributed by atoms with Gasteiger partial charge in [0.2, 0.25) is 0 Å². The van der Waals surface area contributed by atoms with Crippen molar-refractivity contribution in [1.82, 2.24) is 4.98 Å². The number of carboxylic acid groups (broad SMARTS) is 1. The molecular weight excluding hydrogens is 224 g/mol. The van der Waals surface area contributed by atoms with Crippen LogP contribution in [0.4, 0.5) is 0 Å². The van der Waals surface area contributed by atoms with Crippen LogP contribution in [0, 0.1) is 17.2 Å². The Morgan fingerprint density at radius 3 is 2.88 bits per heavy atom. The van der Waals surface area contributed by atoms with E-state index in [9.17, 15) is 4.79 Å². The number of nitriles is 1. The van der Waals surface area contributed by atoms with E-state index >= 15 is 0 Å². The number of rotatable bonds is 5. The molecule has 0 radical (unpaired) electrons. The van der Waals surface area contributed by atoms with Crippen LogP contribution < -0.4 is 0 Å². The third-order valence-corrected chi connectivity index (χ3v) is 3.39. The van der Waals surface area contributed by atoms with Crippen molar-refractivity contribution in [2.24, 2.45) is 5.92 Å². The molecule has 0 amide bonds. The fourth-order valence-electron chi connectivity index (χ4n) is 1.58. The lowest BCUT2D eigenvalue weighted by Gasteiger charge is -2.13. The van der Waals surface area contributed by atoms with E-state index in [4.69, 9.17) is 10.4 Å². The minimum atomic E-state index is -1.04. The first-order valence-electron chi connectivity index (χ1n) is 5.18. The van der Waals surface area contributed by atoms with Crippen LogP contribution in [-0.4, -0.2) is 16.1 Å². The fourth-order valence-corrected chi connectivity index (χ4v) is 2.55. The van der Waals surface area contributed by atoms with Crippen LogP contribution in [0.3, 0.4) is 0 Å². The van der Waals surface area contributed by atoms with E-state index in [-0.39, 0.29) is 17.5 Å². The fraction of sp³-hybridized carbons (Fsp3) is 0.545. The average Bonchev–Trinajstić information content (AvgIpc) is 2.68. The summed E-state index contributed by atoms with van der Waals surface area (Å²) in [6, 6.07) is 2.21. The maximum atomic E-state index is 10.7. The Morgan fingerprint density at radius 1 is 1.75 bits per heavy atom. The molecule has 0 aliphatic carbocycles. The van der Waals surface area contributed by atoms with E-state index in [2.05, 4.69) is 18.0 Å². The van der Waals surface area contributed by atoms with Gasteiger partial charge in [-0.1, -0.05) is 20.3 Å². The Labute approximate surface area is 98.6 Å². The van der Waals surface area contributed by atoms with Gasteiger partial charge in [-0.2, -0.15) is 5.26 Å². The molecule has 4 nitrogen and oxygen atoms in total. The highest BCUT2D eigenvalue weighted by molar-refractivity contribution is 7.10. The van der Waals surface area contributed by atoms with Crippen molar-refractivity contribution >= 4 is 17.3 Å². The monoisotopic (exact) mass is 238 g/mol. The summed E-state index contributed by atoms with van der Waals surface area (Å²) in [5.41, 5.74) is 0.0314. The predicted octanol–water partition coefficient (Wildman–Crippen LogP) is 2.88. The van der Waals surface area contributed by atoms with Crippen molar-refractivity contribution in [3.05, 3.63) is 16.1 Å². The van der Waals surface area contributed by atoms with Crippen molar-refractivity contribution in [2.75, 3.05) is 0 Å². The molecule has 0 fully saturated rings. The van der Waals surface area contributed by atoms with Gasteiger partial charge >= 0.3 is 5.97 Å². The zero-order valence-corrected chi connectivity index (χ0v) is 10.1. The number of thiazole rings is 1. The molecule has 0 aliphatic heterocycles. The Balaban J connectivity index is 2.87. The Hall–Kier alpha value is -1.41. The number of nitrogens with zero attached hydrogens (tertiary/aromatic N) is 2. The van der Waals surface area contributed by atoms with Gasteiger partial charge in [0.05, 0.1) is 6.07 Å². The molecule has 0 saturated heterocycles. The molecule has 0 aromatic carbocycles. The summed E-state index contributed by atoms with van der Waals surface area (Å²) >= 11 is 1.25. The third kappa shape index (κ3) is 2.80. The van der Waals surface area contributed by atoms with Crippen LogP contribution in [-0.2, 0) is 0 Å². The number of hydrogen-bond donors (Lipinski definition) is 1. The summed E-state index contributed by atoms with van der Waals surface area (Å²) in [4.78, 5) is 14.7. The number of aromatic carboxylic acids is 1. The van der Waals surface area contributed by atoms with Crippen LogP contribution in [0.2, 0.25) is 0 Å². The normalized spacial score (nSPS) is 14.1. The van der Waals surface area contributed by atoms with E-state index in [1.165, 1.54) is 16.7 Å². The molecule has 1 N–H and O–H groups in total. The first kappa shape index (κ1) is 12.7. The number of hydrogen-bond acceptors (Lipinski definition) is 4. The van der Waals surface area contributed by atoms with Crippen LogP contribution in [0.5, 0.6) is 0 Å². The third-order valence-electron chi connectivity index (χ3n) is 2.46. The van der Waals surface area contributed by atoms with E-state index in [1.54, 1.807) is 0 Å². The molecule has 1 aromatic heterocycles. The highest BCUT2D eigenvalue weighted by Crippen LogP contribution is 2.29. The summed E-state index contributed by atoms with van der Waals surface area (Å²) in [5.74, 6) is -1.12. The topological polar surface area (TPSA) is 74.0 Å². The van der Waals surface area contributed by atoms with E-state index in [1.807, 2.05) is 6.92 Å². The molecule has 2 atom stereocenters. The molecular formula is C11H14N2O2S. The summed E-state index contributed by atoms with van der Waals surface area (Å²) in [6.45, 7) is 4.06. The van der Waals surface area contributed by atoms with Crippen molar-refractivity contribution in [3.63, 3.8) is 0 Å². The van der Waals surface area contributed by atoms with E-state index in [0.717, 1.165) is 12.8 Å². The van der Waals surface area contributed by atoms with Gasteiger partial charge in [0.25, 0.3) is 0 Å². The van der Waals surface area contributed by atoms with Gasteiger partial charge in [0.1, 0.15) is 10.9 Å². The van der Waals surface area contributed by atoms with Crippen molar-refractivity contribution in [1.29, 1.82) is 5.26 Å². The van der Waals surface area contributed by atoms with Gasteiger partial charge in [-0.15, -0.1) is 11.3 Å².